The molecule has 0 radical (unpaired) electrons. The number of aliphatic imine (C=N–C) groups is 2. The molecular weight excluding hydrogens is 394 g/mol. The molecule has 0 fully saturated rings. The Balaban J connectivity index is 2.05. The van der Waals surface area contributed by atoms with E-state index < -0.39 is 11.8 Å². The van der Waals surface area contributed by atoms with Crippen LogP contribution in [0, 0.1) is 5.82 Å². The van der Waals surface area contributed by atoms with Gasteiger partial charge in [0, 0.05) is 16.1 Å². The van der Waals surface area contributed by atoms with Crippen molar-refractivity contribution in [2.24, 2.45) is 15.1 Å². The van der Waals surface area contributed by atoms with Crippen LogP contribution in [0.5, 0.6) is 0 Å². The van der Waals surface area contributed by atoms with Crippen LogP contribution in [-0.2, 0) is 4.79 Å². The number of aliphatic carboxylic acids is 1. The van der Waals surface area contributed by atoms with Crippen LogP contribution in [0.4, 0.5) is 10.1 Å². The van der Waals surface area contributed by atoms with Crippen LogP contribution in [0.25, 0.3) is 0 Å². The smallest absolute Gasteiger partial charge is 0.353 e. The molecule has 0 spiro atoms. The third-order valence-electron chi connectivity index (χ3n) is 3.68. The van der Waals surface area contributed by atoms with E-state index in [1.54, 1.807) is 24.3 Å². The Morgan fingerprint density at radius 3 is 2.74 bits per heavy atom. The van der Waals surface area contributed by atoms with Gasteiger partial charge in [-0.05, 0) is 24.3 Å². The third-order valence-corrected chi connectivity index (χ3v) is 4.26. The topological polar surface area (TPSA) is 86.4 Å². The van der Waals surface area contributed by atoms with E-state index in [4.69, 9.17) is 28.3 Å². The lowest BCUT2D eigenvalue weighted by atomic mass is 10.0. The Kier molecular flexibility index (Phi) is 5.83. The molecule has 3 rings (SSSR count). The van der Waals surface area contributed by atoms with E-state index in [9.17, 15) is 9.18 Å². The summed E-state index contributed by atoms with van der Waals surface area (Å²) in [5, 5.41) is 13.2. The summed E-state index contributed by atoms with van der Waals surface area (Å²) in [6, 6.07) is 11.2. The normalized spacial score (nSPS) is 14.0. The number of rotatable bonds is 4. The van der Waals surface area contributed by atoms with E-state index >= 15 is 0 Å². The van der Waals surface area contributed by atoms with Gasteiger partial charge in [-0.2, -0.15) is 5.10 Å². The Morgan fingerprint density at radius 1 is 1.26 bits per heavy atom. The second-order valence-electron chi connectivity index (χ2n) is 5.47. The van der Waals surface area contributed by atoms with Gasteiger partial charge in [-0.15, -0.1) is 11.6 Å². The molecule has 6 nitrogen and oxygen atoms in total. The minimum Gasteiger partial charge on any atom is -0.477 e. The molecule has 0 saturated carbocycles. The highest BCUT2D eigenvalue weighted by Crippen LogP contribution is 2.28. The molecule has 2 aromatic rings. The fraction of sp³-hybridized carbons (Fsp3) is 0.111. The fourth-order valence-electron chi connectivity index (χ4n) is 2.43. The average Bonchev–Trinajstić information content (AvgIpc) is 2.81. The molecule has 27 heavy (non-hydrogen) atoms. The average molecular weight is 407 g/mol. The van der Waals surface area contributed by atoms with Gasteiger partial charge in [-0.1, -0.05) is 29.8 Å². The Labute approximate surface area is 164 Å². The molecule has 2 N–H and O–H groups in total. The van der Waals surface area contributed by atoms with Gasteiger partial charge in [-0.25, -0.2) is 14.2 Å². The number of amidine groups is 1. The fourth-order valence-corrected chi connectivity index (χ4v) is 2.83. The lowest BCUT2D eigenvalue weighted by molar-refractivity contribution is -0.129. The minimum absolute atomic E-state index is 0.0650. The van der Waals surface area contributed by atoms with Crippen molar-refractivity contribution >= 4 is 52.1 Å². The van der Waals surface area contributed by atoms with Gasteiger partial charge in [0.1, 0.15) is 11.7 Å². The molecule has 1 heterocycles. The maximum atomic E-state index is 13.8. The quantitative estimate of drug-likeness (QED) is 0.461. The second-order valence-corrected chi connectivity index (χ2v) is 6.15. The number of alkyl halides is 1. The zero-order valence-electron chi connectivity index (χ0n) is 13.8. The summed E-state index contributed by atoms with van der Waals surface area (Å²) in [4.78, 5) is 19.9. The maximum absolute atomic E-state index is 13.8. The number of benzene rings is 2. The summed E-state index contributed by atoms with van der Waals surface area (Å²) in [7, 11) is 0. The van der Waals surface area contributed by atoms with Crippen molar-refractivity contribution in [1.82, 2.24) is 5.43 Å². The molecule has 0 amide bonds. The van der Waals surface area contributed by atoms with Crippen LogP contribution in [0.1, 0.15) is 11.1 Å². The van der Waals surface area contributed by atoms with Crippen LogP contribution < -0.4 is 5.43 Å². The summed E-state index contributed by atoms with van der Waals surface area (Å²) >= 11 is 11.8. The van der Waals surface area contributed by atoms with Gasteiger partial charge in [0.05, 0.1) is 23.8 Å². The number of hydrazone groups is 1. The summed E-state index contributed by atoms with van der Waals surface area (Å²) in [5.41, 5.74) is 4.35. The van der Waals surface area contributed by atoms with E-state index in [1.165, 1.54) is 18.2 Å². The highest BCUT2D eigenvalue weighted by Gasteiger charge is 2.19. The molecule has 0 bridgehead atoms. The third kappa shape index (κ3) is 4.32. The molecule has 9 heteroatoms. The first-order valence-electron chi connectivity index (χ1n) is 7.78. The Bertz CT molecular complexity index is 989. The van der Waals surface area contributed by atoms with Crippen molar-refractivity contribution < 1.29 is 14.3 Å². The molecule has 2 aromatic carbocycles. The summed E-state index contributed by atoms with van der Waals surface area (Å²) in [5.74, 6) is -1.66. The minimum atomic E-state index is -1.24. The number of fused-ring (bicyclic) bond motifs is 1. The molecule has 1 aliphatic heterocycles. The van der Waals surface area contributed by atoms with Crippen LogP contribution in [0.15, 0.2) is 57.6 Å². The Morgan fingerprint density at radius 2 is 2.04 bits per heavy atom. The lowest BCUT2D eigenvalue weighted by Crippen LogP contribution is -2.26. The number of nitrogens with one attached hydrogen (secondary N) is 1. The van der Waals surface area contributed by atoms with Crippen LogP contribution in [0.2, 0.25) is 5.02 Å². The number of carboxylic acid groups (broad SMARTS) is 1. The zero-order valence-corrected chi connectivity index (χ0v) is 15.3. The second kappa shape index (κ2) is 8.28. The summed E-state index contributed by atoms with van der Waals surface area (Å²) in [6.45, 7) is 0.0650. The first-order valence-corrected chi connectivity index (χ1v) is 8.69. The van der Waals surface area contributed by atoms with Crippen molar-refractivity contribution in [1.29, 1.82) is 0 Å². The number of nitrogens with zero attached hydrogens (tertiary/aromatic N) is 3. The molecule has 1 aliphatic rings. The molecule has 0 aromatic heterocycles. The predicted molar refractivity (Wildman–Crippen MR) is 104 cm³/mol. The first-order chi connectivity index (χ1) is 13.0. The van der Waals surface area contributed by atoms with Crippen molar-refractivity contribution in [2.45, 2.75) is 0 Å². The molecule has 0 aliphatic carbocycles. The van der Waals surface area contributed by atoms with Gasteiger partial charge >= 0.3 is 5.97 Å². The van der Waals surface area contributed by atoms with E-state index in [1.807, 2.05) is 0 Å². The monoisotopic (exact) mass is 406 g/mol. The number of hydrogen-bond acceptors (Lipinski definition) is 5. The molecule has 0 saturated heterocycles. The van der Waals surface area contributed by atoms with Gasteiger partial charge in [-0.3, -0.25) is 10.4 Å². The van der Waals surface area contributed by atoms with Crippen LogP contribution >= 0.6 is 23.2 Å². The molecular formula is C18H13Cl2FN4O2. The highest BCUT2D eigenvalue weighted by atomic mass is 35.5. The largest absolute Gasteiger partial charge is 0.477 e. The maximum Gasteiger partial charge on any atom is 0.353 e. The molecule has 0 unspecified atom stereocenters. The van der Waals surface area contributed by atoms with Gasteiger partial charge < -0.3 is 5.11 Å². The van der Waals surface area contributed by atoms with Crippen LogP contribution in [-0.4, -0.2) is 40.8 Å². The zero-order chi connectivity index (χ0) is 19.4. The van der Waals surface area contributed by atoms with Gasteiger partial charge in [0.2, 0.25) is 0 Å². The van der Waals surface area contributed by atoms with Crippen molar-refractivity contribution in [3.63, 3.8) is 0 Å². The molecule has 138 valence electrons. The SMILES string of the molecule is O=C(O)C(CCl)=NNC1=Nc2ccc(F)cc2C(c2ccccc2Cl)=NC1. The van der Waals surface area contributed by atoms with Gasteiger partial charge in [0.25, 0.3) is 0 Å². The van der Waals surface area contributed by atoms with Crippen molar-refractivity contribution in [3.05, 3.63) is 64.4 Å². The standard InChI is InChI=1S/C18H13Cl2FN4O2/c19-8-15(18(26)27)24-25-16-9-22-17(11-3-1-2-4-13(11)20)12-7-10(21)5-6-14(12)23-16/h1-7H,8-9H2,(H,23,25)(H,26,27). The highest BCUT2D eigenvalue weighted by molar-refractivity contribution is 6.46. The number of carbonyl (C=O) groups is 1. The lowest BCUT2D eigenvalue weighted by Gasteiger charge is -2.10. The van der Waals surface area contributed by atoms with Gasteiger partial charge in [0.15, 0.2) is 5.71 Å². The van der Waals surface area contributed by atoms with Crippen LogP contribution in [0.3, 0.4) is 0 Å². The first kappa shape index (κ1) is 19.0. The summed E-state index contributed by atoms with van der Waals surface area (Å²) < 4.78 is 13.8. The Hall–Kier alpha value is -2.77. The van der Waals surface area contributed by atoms with E-state index in [-0.39, 0.29) is 24.0 Å². The van der Waals surface area contributed by atoms with E-state index in [0.29, 0.717) is 27.5 Å². The number of hydrogen-bond donors (Lipinski definition) is 2. The predicted octanol–water partition coefficient (Wildman–Crippen LogP) is 3.63. The van der Waals surface area contributed by atoms with E-state index in [0.717, 1.165) is 0 Å². The molecule has 0 atom stereocenters. The van der Waals surface area contributed by atoms with Crippen molar-refractivity contribution in [2.75, 3.05) is 12.4 Å². The number of carboxylic acids is 1. The number of halogens is 3. The van der Waals surface area contributed by atoms with E-state index in [2.05, 4.69) is 20.5 Å². The summed E-state index contributed by atoms with van der Waals surface area (Å²) in [6.07, 6.45) is 0. The van der Waals surface area contributed by atoms with Crippen molar-refractivity contribution in [3.8, 4) is 0 Å².